The lowest BCUT2D eigenvalue weighted by atomic mass is 10.1. The maximum atomic E-state index is 12.6. The van der Waals surface area contributed by atoms with Crippen molar-refractivity contribution in [1.82, 2.24) is 9.62 Å². The van der Waals surface area contributed by atoms with E-state index in [4.69, 9.17) is 0 Å². The predicted octanol–water partition coefficient (Wildman–Crippen LogP) is 0.431. The van der Waals surface area contributed by atoms with Gasteiger partial charge in [0, 0.05) is 24.7 Å². The van der Waals surface area contributed by atoms with Crippen LogP contribution in [0, 0.1) is 0 Å². The van der Waals surface area contributed by atoms with Crippen LogP contribution in [0.5, 0.6) is 0 Å². The second kappa shape index (κ2) is 7.14. The number of Topliss-reactive ketones (excluding diaryl/α,β-unsaturated/α-hetero) is 1. The van der Waals surface area contributed by atoms with Gasteiger partial charge in [-0.1, -0.05) is 12.1 Å². The summed E-state index contributed by atoms with van der Waals surface area (Å²) in [5, 5.41) is 2.96. The Morgan fingerprint density at radius 1 is 1.24 bits per heavy atom. The van der Waals surface area contributed by atoms with Crippen LogP contribution >= 0.6 is 0 Å². The molecule has 2 fully saturated rings. The molecular formula is C16H22N2O5S2. The number of sulfone groups is 1. The van der Waals surface area contributed by atoms with Gasteiger partial charge in [0.05, 0.1) is 22.9 Å². The number of carbonyl (C=O) groups excluding carboxylic acids is 1. The number of hydrogen-bond donors (Lipinski definition) is 1. The van der Waals surface area contributed by atoms with Crippen molar-refractivity contribution in [3.05, 3.63) is 29.8 Å². The average molecular weight is 386 g/mol. The molecule has 9 heteroatoms. The summed E-state index contributed by atoms with van der Waals surface area (Å²) in [6, 6.07) is 5.84. The molecule has 3 rings (SSSR count). The zero-order chi connectivity index (χ0) is 18.1. The molecule has 2 aliphatic rings. The van der Waals surface area contributed by atoms with E-state index in [0.717, 1.165) is 12.8 Å². The van der Waals surface area contributed by atoms with Crippen LogP contribution in [-0.4, -0.2) is 64.1 Å². The van der Waals surface area contributed by atoms with Crippen LogP contribution in [0.2, 0.25) is 0 Å². The lowest BCUT2D eigenvalue weighted by molar-refractivity contribution is 0.0988. The molecule has 1 aromatic rings. The molecule has 0 spiro atoms. The lowest BCUT2D eigenvalue weighted by Crippen LogP contribution is -2.34. The van der Waals surface area contributed by atoms with E-state index in [0.29, 0.717) is 25.1 Å². The zero-order valence-corrected chi connectivity index (χ0v) is 15.5. The Bertz CT molecular complexity index is 858. The highest BCUT2D eigenvalue weighted by Gasteiger charge is 2.29. The molecule has 0 amide bonds. The smallest absolute Gasteiger partial charge is 0.243 e. The van der Waals surface area contributed by atoms with E-state index in [1.807, 2.05) is 0 Å². The minimum Gasteiger partial charge on any atom is -0.306 e. The SMILES string of the molecule is O=C(CNC1CCS(=O)(=O)C1)c1cccc(S(=O)(=O)N2CCCC2)c1. The molecule has 1 N–H and O–H groups in total. The highest BCUT2D eigenvalue weighted by atomic mass is 32.2. The standard InChI is InChI=1S/C16H22N2O5S2/c19-16(11-17-14-6-9-24(20,21)12-14)13-4-3-5-15(10-13)25(22,23)18-7-1-2-8-18/h3-5,10,14,17H,1-2,6-9,11-12H2. The molecule has 0 aliphatic carbocycles. The van der Waals surface area contributed by atoms with Gasteiger partial charge in [-0.05, 0) is 31.4 Å². The third kappa shape index (κ3) is 4.28. The summed E-state index contributed by atoms with van der Waals surface area (Å²) in [4.78, 5) is 12.5. The molecule has 1 atom stereocenters. The summed E-state index contributed by atoms with van der Waals surface area (Å²) in [6.07, 6.45) is 2.21. The maximum absolute atomic E-state index is 12.6. The highest BCUT2D eigenvalue weighted by molar-refractivity contribution is 7.91. The fourth-order valence-electron chi connectivity index (χ4n) is 3.20. The van der Waals surface area contributed by atoms with Crippen LogP contribution < -0.4 is 5.32 Å². The fourth-order valence-corrected chi connectivity index (χ4v) is 6.47. The van der Waals surface area contributed by atoms with Crippen LogP contribution in [0.15, 0.2) is 29.2 Å². The van der Waals surface area contributed by atoms with Crippen LogP contribution in [0.4, 0.5) is 0 Å². The first kappa shape index (κ1) is 18.5. The summed E-state index contributed by atoms with van der Waals surface area (Å²) in [5.74, 6) is -0.0608. The number of nitrogens with zero attached hydrogens (tertiary/aromatic N) is 1. The van der Waals surface area contributed by atoms with Gasteiger partial charge in [0.15, 0.2) is 15.6 Å². The first-order valence-corrected chi connectivity index (χ1v) is 11.6. The van der Waals surface area contributed by atoms with Gasteiger partial charge in [-0.2, -0.15) is 4.31 Å². The monoisotopic (exact) mass is 386 g/mol. The molecule has 0 radical (unpaired) electrons. The van der Waals surface area contributed by atoms with E-state index >= 15 is 0 Å². The van der Waals surface area contributed by atoms with Crippen molar-refractivity contribution in [3.8, 4) is 0 Å². The Hall–Kier alpha value is -1.29. The Balaban J connectivity index is 1.67. The number of rotatable bonds is 6. The summed E-state index contributed by atoms with van der Waals surface area (Å²) in [6.45, 7) is 1.02. The first-order valence-electron chi connectivity index (χ1n) is 8.35. The summed E-state index contributed by atoms with van der Waals surface area (Å²) >= 11 is 0. The third-order valence-corrected chi connectivity index (χ3v) is 8.31. The van der Waals surface area contributed by atoms with Crippen molar-refractivity contribution < 1.29 is 21.6 Å². The predicted molar refractivity (Wildman–Crippen MR) is 93.8 cm³/mol. The molecule has 1 unspecified atom stereocenters. The molecule has 2 aliphatic heterocycles. The van der Waals surface area contributed by atoms with E-state index < -0.39 is 19.9 Å². The van der Waals surface area contributed by atoms with E-state index in [-0.39, 0.29) is 34.8 Å². The van der Waals surface area contributed by atoms with Crippen LogP contribution in [0.25, 0.3) is 0 Å². The van der Waals surface area contributed by atoms with Gasteiger partial charge < -0.3 is 5.32 Å². The fraction of sp³-hybridized carbons (Fsp3) is 0.562. The molecule has 2 heterocycles. The third-order valence-electron chi connectivity index (χ3n) is 4.64. The molecule has 0 aromatic heterocycles. The van der Waals surface area contributed by atoms with Crippen molar-refractivity contribution in [1.29, 1.82) is 0 Å². The topological polar surface area (TPSA) is 101 Å². The number of benzene rings is 1. The van der Waals surface area contributed by atoms with Crippen LogP contribution in [0.3, 0.4) is 0 Å². The Morgan fingerprint density at radius 3 is 2.60 bits per heavy atom. The molecule has 2 saturated heterocycles. The molecule has 1 aromatic carbocycles. The molecule has 25 heavy (non-hydrogen) atoms. The van der Waals surface area contributed by atoms with E-state index in [1.165, 1.54) is 16.4 Å². The van der Waals surface area contributed by atoms with E-state index in [9.17, 15) is 21.6 Å². The Morgan fingerprint density at radius 2 is 1.96 bits per heavy atom. The molecule has 0 saturated carbocycles. The number of nitrogens with one attached hydrogen (secondary N) is 1. The largest absolute Gasteiger partial charge is 0.306 e. The Kier molecular flexibility index (Phi) is 5.29. The number of carbonyl (C=O) groups is 1. The second-order valence-electron chi connectivity index (χ2n) is 6.54. The molecule has 0 bridgehead atoms. The average Bonchev–Trinajstić information content (AvgIpc) is 3.22. The zero-order valence-electron chi connectivity index (χ0n) is 13.8. The summed E-state index contributed by atoms with van der Waals surface area (Å²) in [5.41, 5.74) is 0.314. The van der Waals surface area contributed by atoms with Gasteiger partial charge in [-0.3, -0.25) is 4.79 Å². The van der Waals surface area contributed by atoms with Crippen LogP contribution in [-0.2, 0) is 19.9 Å². The number of sulfonamides is 1. The second-order valence-corrected chi connectivity index (χ2v) is 10.7. The van der Waals surface area contributed by atoms with Gasteiger partial charge in [0.25, 0.3) is 0 Å². The van der Waals surface area contributed by atoms with Gasteiger partial charge in [0.1, 0.15) is 0 Å². The van der Waals surface area contributed by atoms with E-state index in [2.05, 4.69) is 5.32 Å². The minimum atomic E-state index is -3.56. The molecule has 7 nitrogen and oxygen atoms in total. The quantitative estimate of drug-likeness (QED) is 0.712. The number of hydrogen-bond acceptors (Lipinski definition) is 6. The van der Waals surface area contributed by atoms with Crippen molar-refractivity contribution in [2.75, 3.05) is 31.1 Å². The maximum Gasteiger partial charge on any atom is 0.243 e. The van der Waals surface area contributed by atoms with Crippen molar-refractivity contribution in [2.24, 2.45) is 0 Å². The van der Waals surface area contributed by atoms with Gasteiger partial charge >= 0.3 is 0 Å². The normalized spacial score (nSPS) is 23.8. The Labute approximate surface area is 148 Å². The number of ketones is 1. The highest BCUT2D eigenvalue weighted by Crippen LogP contribution is 2.21. The summed E-state index contributed by atoms with van der Waals surface area (Å²) < 4.78 is 49.5. The van der Waals surface area contributed by atoms with Gasteiger partial charge in [-0.15, -0.1) is 0 Å². The minimum absolute atomic E-state index is 0.00655. The molecular weight excluding hydrogens is 364 g/mol. The molecule has 138 valence electrons. The van der Waals surface area contributed by atoms with Crippen molar-refractivity contribution in [3.63, 3.8) is 0 Å². The van der Waals surface area contributed by atoms with Gasteiger partial charge in [0.2, 0.25) is 10.0 Å². The summed E-state index contributed by atoms with van der Waals surface area (Å²) in [7, 11) is -6.56. The van der Waals surface area contributed by atoms with Gasteiger partial charge in [-0.25, -0.2) is 16.8 Å². The van der Waals surface area contributed by atoms with E-state index in [1.54, 1.807) is 12.1 Å². The van der Waals surface area contributed by atoms with Crippen LogP contribution in [0.1, 0.15) is 29.6 Å². The van der Waals surface area contributed by atoms with Crippen molar-refractivity contribution >= 4 is 25.6 Å². The lowest BCUT2D eigenvalue weighted by Gasteiger charge is -2.16. The van der Waals surface area contributed by atoms with Crippen molar-refractivity contribution in [2.45, 2.75) is 30.2 Å². The first-order chi connectivity index (χ1) is 11.8.